The highest BCUT2D eigenvalue weighted by Crippen LogP contribution is 2.27. The number of carbonyl (C=O) groups excluding carboxylic acids is 1. The molecule has 1 fully saturated rings. The summed E-state index contributed by atoms with van der Waals surface area (Å²) in [7, 11) is 0. The van der Waals surface area contributed by atoms with Crippen LogP contribution in [0.25, 0.3) is 0 Å². The molecule has 1 saturated heterocycles. The Kier molecular flexibility index (Phi) is 6.49. The van der Waals surface area contributed by atoms with E-state index in [0.717, 1.165) is 48.1 Å². The van der Waals surface area contributed by atoms with Crippen LogP contribution in [0.5, 0.6) is 0 Å². The van der Waals surface area contributed by atoms with Crippen molar-refractivity contribution in [1.82, 2.24) is 10.6 Å². The Morgan fingerprint density at radius 1 is 1.40 bits per heavy atom. The summed E-state index contributed by atoms with van der Waals surface area (Å²) in [5.41, 5.74) is 1.99. The zero-order valence-electron chi connectivity index (χ0n) is 12.0. The number of nitrogens with one attached hydrogen (secondary N) is 2. The van der Waals surface area contributed by atoms with Crippen molar-refractivity contribution in [3.63, 3.8) is 0 Å². The lowest BCUT2D eigenvalue weighted by molar-refractivity contribution is 0.0921. The first kappa shape index (κ1) is 17.5. The molecule has 112 valence electrons. The van der Waals surface area contributed by atoms with Crippen molar-refractivity contribution in [3.05, 3.63) is 33.8 Å². The number of benzene rings is 1. The Bertz CT molecular complexity index is 473. The number of aryl methyl sites for hydroxylation is 1. The van der Waals surface area contributed by atoms with Gasteiger partial charge in [0, 0.05) is 16.6 Å². The number of hydrogen-bond acceptors (Lipinski definition) is 2. The summed E-state index contributed by atoms with van der Waals surface area (Å²) in [5.74, 6) is 0.0322. The molecule has 1 aromatic carbocycles. The fraction of sp³-hybridized carbons (Fsp3) is 0.533. The average Bonchev–Trinajstić information content (AvgIpc) is 2.37. The predicted octanol–water partition coefficient (Wildman–Crippen LogP) is 3.30. The second kappa shape index (κ2) is 7.43. The normalized spacial score (nSPS) is 17.1. The highest BCUT2D eigenvalue weighted by molar-refractivity contribution is 9.10. The summed E-state index contributed by atoms with van der Waals surface area (Å²) < 4.78 is 1.01. The van der Waals surface area contributed by atoms with Gasteiger partial charge in [0.1, 0.15) is 0 Å². The van der Waals surface area contributed by atoms with Crippen LogP contribution in [0.4, 0.5) is 0 Å². The Morgan fingerprint density at radius 2 is 2.05 bits per heavy atom. The third kappa shape index (κ3) is 4.47. The van der Waals surface area contributed by atoms with Crippen LogP contribution in [0.15, 0.2) is 22.7 Å². The number of halogens is 2. The molecule has 0 unspecified atom stereocenters. The minimum absolute atomic E-state index is 0. The van der Waals surface area contributed by atoms with E-state index < -0.39 is 0 Å². The van der Waals surface area contributed by atoms with Crippen LogP contribution >= 0.6 is 28.3 Å². The zero-order chi connectivity index (χ0) is 13.9. The van der Waals surface area contributed by atoms with Crippen molar-refractivity contribution in [2.45, 2.75) is 26.7 Å². The molecule has 0 spiro atoms. The van der Waals surface area contributed by atoms with Gasteiger partial charge in [-0.2, -0.15) is 0 Å². The highest BCUT2D eigenvalue weighted by Gasteiger charge is 2.27. The number of hydrogen-bond donors (Lipinski definition) is 2. The maximum atomic E-state index is 12.2. The van der Waals surface area contributed by atoms with Gasteiger partial charge in [0.15, 0.2) is 0 Å². The van der Waals surface area contributed by atoms with Crippen LogP contribution < -0.4 is 10.6 Å². The number of amides is 1. The molecule has 3 nitrogen and oxygen atoms in total. The first-order valence-corrected chi connectivity index (χ1v) is 7.55. The Morgan fingerprint density at radius 3 is 2.65 bits per heavy atom. The number of piperidine rings is 1. The minimum atomic E-state index is 0. The highest BCUT2D eigenvalue weighted by atomic mass is 79.9. The standard InChI is InChI=1S/C15H21BrN2O.ClH/c1-11-9-12(16)3-4-13(11)14(19)18-10-15(2)5-7-17-8-6-15;/h3-4,9,17H,5-8,10H2,1-2H3,(H,18,19);1H. The molecule has 2 N–H and O–H groups in total. The second-order valence-electron chi connectivity index (χ2n) is 5.70. The maximum absolute atomic E-state index is 12.2. The molecule has 0 saturated carbocycles. The molecule has 0 aromatic heterocycles. The van der Waals surface area contributed by atoms with E-state index in [2.05, 4.69) is 33.5 Å². The van der Waals surface area contributed by atoms with E-state index in [1.165, 1.54) is 0 Å². The lowest BCUT2D eigenvalue weighted by atomic mass is 9.81. The van der Waals surface area contributed by atoms with Crippen LogP contribution in [0.2, 0.25) is 0 Å². The molecule has 1 aromatic rings. The van der Waals surface area contributed by atoms with E-state index in [0.29, 0.717) is 0 Å². The smallest absolute Gasteiger partial charge is 0.251 e. The van der Waals surface area contributed by atoms with Gasteiger partial charge in [0.25, 0.3) is 5.91 Å². The van der Waals surface area contributed by atoms with Crippen LogP contribution in [0.1, 0.15) is 35.7 Å². The van der Waals surface area contributed by atoms with Crippen LogP contribution in [0, 0.1) is 12.3 Å². The SMILES string of the molecule is Cc1cc(Br)ccc1C(=O)NCC1(C)CCNCC1.Cl. The monoisotopic (exact) mass is 360 g/mol. The third-order valence-corrected chi connectivity index (χ3v) is 4.41. The average molecular weight is 362 g/mol. The minimum Gasteiger partial charge on any atom is -0.351 e. The molecular formula is C15H22BrClN2O. The van der Waals surface area contributed by atoms with Crippen molar-refractivity contribution < 1.29 is 4.79 Å². The van der Waals surface area contributed by atoms with Crippen LogP contribution in [0.3, 0.4) is 0 Å². The van der Waals surface area contributed by atoms with Crippen LogP contribution in [-0.2, 0) is 0 Å². The first-order chi connectivity index (χ1) is 9.00. The number of carbonyl (C=O) groups is 1. The number of rotatable bonds is 3. The third-order valence-electron chi connectivity index (χ3n) is 3.92. The molecule has 1 aliphatic heterocycles. The summed E-state index contributed by atoms with van der Waals surface area (Å²) >= 11 is 3.42. The first-order valence-electron chi connectivity index (χ1n) is 6.75. The molecule has 1 aliphatic rings. The van der Waals surface area contributed by atoms with E-state index in [1.807, 2.05) is 25.1 Å². The van der Waals surface area contributed by atoms with Gasteiger partial charge in [0.2, 0.25) is 0 Å². The van der Waals surface area contributed by atoms with E-state index in [-0.39, 0.29) is 23.7 Å². The molecule has 1 heterocycles. The summed E-state index contributed by atoms with van der Waals surface area (Å²) in [4.78, 5) is 12.2. The van der Waals surface area contributed by atoms with Gasteiger partial charge in [-0.25, -0.2) is 0 Å². The molecule has 0 bridgehead atoms. The molecule has 20 heavy (non-hydrogen) atoms. The van der Waals surface area contributed by atoms with Gasteiger partial charge < -0.3 is 10.6 Å². The van der Waals surface area contributed by atoms with Crippen molar-refractivity contribution in [2.24, 2.45) is 5.41 Å². The fourth-order valence-electron chi connectivity index (χ4n) is 2.48. The molecule has 5 heteroatoms. The summed E-state index contributed by atoms with van der Waals surface area (Å²) in [6.07, 6.45) is 2.24. The van der Waals surface area contributed by atoms with E-state index >= 15 is 0 Å². The molecule has 0 aliphatic carbocycles. The van der Waals surface area contributed by atoms with Gasteiger partial charge in [-0.1, -0.05) is 22.9 Å². The zero-order valence-corrected chi connectivity index (χ0v) is 14.4. The lowest BCUT2D eigenvalue weighted by Gasteiger charge is -2.34. The van der Waals surface area contributed by atoms with Crippen molar-refractivity contribution in [3.8, 4) is 0 Å². The molecule has 0 atom stereocenters. The van der Waals surface area contributed by atoms with Gasteiger partial charge in [0.05, 0.1) is 0 Å². The van der Waals surface area contributed by atoms with E-state index in [1.54, 1.807) is 0 Å². The summed E-state index contributed by atoms with van der Waals surface area (Å²) in [6, 6.07) is 5.76. The van der Waals surface area contributed by atoms with E-state index in [9.17, 15) is 4.79 Å². The summed E-state index contributed by atoms with van der Waals surface area (Å²) in [6.45, 7) is 7.06. The predicted molar refractivity (Wildman–Crippen MR) is 88.7 cm³/mol. The Labute approximate surface area is 135 Å². The largest absolute Gasteiger partial charge is 0.351 e. The molecule has 2 rings (SSSR count). The van der Waals surface area contributed by atoms with Crippen molar-refractivity contribution in [2.75, 3.05) is 19.6 Å². The summed E-state index contributed by atoms with van der Waals surface area (Å²) in [5, 5.41) is 6.44. The second-order valence-corrected chi connectivity index (χ2v) is 6.62. The molecular weight excluding hydrogens is 340 g/mol. The Hall–Kier alpha value is -0.580. The van der Waals surface area contributed by atoms with E-state index in [4.69, 9.17) is 0 Å². The molecule has 1 amide bonds. The quantitative estimate of drug-likeness (QED) is 0.867. The van der Waals surface area contributed by atoms with Gasteiger partial charge in [-0.3, -0.25) is 4.79 Å². The topological polar surface area (TPSA) is 41.1 Å². The van der Waals surface area contributed by atoms with Gasteiger partial charge in [-0.15, -0.1) is 12.4 Å². The fourth-order valence-corrected chi connectivity index (χ4v) is 2.95. The van der Waals surface area contributed by atoms with Gasteiger partial charge in [-0.05, 0) is 62.0 Å². The molecule has 0 radical (unpaired) electrons. The van der Waals surface area contributed by atoms with Crippen molar-refractivity contribution >= 4 is 34.2 Å². The van der Waals surface area contributed by atoms with Crippen molar-refractivity contribution in [1.29, 1.82) is 0 Å². The van der Waals surface area contributed by atoms with Gasteiger partial charge >= 0.3 is 0 Å². The van der Waals surface area contributed by atoms with Crippen LogP contribution in [-0.4, -0.2) is 25.5 Å². The lowest BCUT2D eigenvalue weighted by Crippen LogP contribution is -2.43. The Balaban J connectivity index is 0.00000200. The maximum Gasteiger partial charge on any atom is 0.251 e.